The number of hydrogen-bond acceptors (Lipinski definition) is 4. The molecule has 0 bridgehead atoms. The Labute approximate surface area is 165 Å². The molecule has 0 saturated carbocycles. The number of benzene rings is 2. The third-order valence-corrected chi connectivity index (χ3v) is 5.14. The van der Waals surface area contributed by atoms with Crippen molar-refractivity contribution in [3.05, 3.63) is 75.4 Å². The zero-order valence-electron chi connectivity index (χ0n) is 14.9. The molecule has 2 aromatic carbocycles. The third-order valence-electron chi connectivity index (χ3n) is 4.61. The molecule has 136 valence electrons. The van der Waals surface area contributed by atoms with Gasteiger partial charge >= 0.3 is 0 Å². The molecule has 6 nitrogen and oxygen atoms in total. The Kier molecular flexibility index (Phi) is 4.31. The molecule has 1 atom stereocenters. The summed E-state index contributed by atoms with van der Waals surface area (Å²) in [5.41, 5.74) is 9.86. The summed E-state index contributed by atoms with van der Waals surface area (Å²) in [4.78, 5) is 16.8. The minimum absolute atomic E-state index is 0.432. The van der Waals surface area contributed by atoms with Crippen molar-refractivity contribution in [2.75, 3.05) is 5.32 Å². The van der Waals surface area contributed by atoms with Gasteiger partial charge in [-0.2, -0.15) is 4.98 Å². The van der Waals surface area contributed by atoms with Crippen LogP contribution in [0.2, 0.25) is 0 Å². The highest BCUT2D eigenvalue weighted by molar-refractivity contribution is 9.10. The molecule has 1 aromatic heterocycles. The molecule has 7 heteroatoms. The fraction of sp³-hybridized carbons (Fsp3) is 0.150. The monoisotopic (exact) mass is 423 g/mol. The summed E-state index contributed by atoms with van der Waals surface area (Å²) in [5.74, 6) is 0.699. The van der Waals surface area contributed by atoms with Crippen LogP contribution in [0, 0.1) is 6.92 Å². The molecule has 1 amide bonds. The van der Waals surface area contributed by atoms with E-state index in [4.69, 9.17) is 5.73 Å². The van der Waals surface area contributed by atoms with E-state index in [1.165, 1.54) is 5.56 Å². The highest BCUT2D eigenvalue weighted by Gasteiger charge is 2.33. The van der Waals surface area contributed by atoms with Gasteiger partial charge in [-0.15, -0.1) is 5.10 Å². The predicted octanol–water partition coefficient (Wildman–Crippen LogP) is 3.79. The van der Waals surface area contributed by atoms with Gasteiger partial charge < -0.3 is 11.1 Å². The van der Waals surface area contributed by atoms with Gasteiger partial charge in [0.1, 0.15) is 6.04 Å². The summed E-state index contributed by atoms with van der Waals surface area (Å²) in [6, 6.07) is 15.4. The van der Waals surface area contributed by atoms with Crippen molar-refractivity contribution in [1.29, 1.82) is 0 Å². The van der Waals surface area contributed by atoms with Crippen LogP contribution in [0.5, 0.6) is 0 Å². The minimum Gasteiger partial charge on any atom is -0.366 e. The summed E-state index contributed by atoms with van der Waals surface area (Å²) >= 11 is 3.45. The molecule has 0 saturated heterocycles. The van der Waals surface area contributed by atoms with Gasteiger partial charge in [0.25, 0.3) is 0 Å². The first-order valence-corrected chi connectivity index (χ1v) is 9.30. The molecule has 1 aliphatic rings. The highest BCUT2D eigenvalue weighted by Crippen LogP contribution is 2.36. The largest absolute Gasteiger partial charge is 0.366 e. The fourth-order valence-electron chi connectivity index (χ4n) is 3.25. The van der Waals surface area contributed by atoms with Crippen LogP contribution in [-0.2, 0) is 4.79 Å². The summed E-state index contributed by atoms with van der Waals surface area (Å²) in [6.45, 7) is 3.86. The smallest absolute Gasteiger partial charge is 0.248 e. The summed E-state index contributed by atoms with van der Waals surface area (Å²) in [6.07, 6.45) is 0. The molecular formula is C20H18BrN5O. The van der Waals surface area contributed by atoms with Crippen molar-refractivity contribution in [2.45, 2.75) is 19.9 Å². The molecule has 27 heavy (non-hydrogen) atoms. The van der Waals surface area contributed by atoms with Crippen LogP contribution in [0.3, 0.4) is 0 Å². The van der Waals surface area contributed by atoms with E-state index >= 15 is 0 Å². The number of amides is 1. The Morgan fingerprint density at radius 2 is 1.78 bits per heavy atom. The molecule has 1 unspecified atom stereocenters. The number of carbonyl (C=O) groups is 1. The van der Waals surface area contributed by atoms with Gasteiger partial charge in [0.2, 0.25) is 11.9 Å². The first kappa shape index (κ1) is 17.5. The Hall–Kier alpha value is -2.93. The van der Waals surface area contributed by atoms with Gasteiger partial charge in [-0.1, -0.05) is 57.9 Å². The number of allylic oxidation sites excluding steroid dienone is 1. The van der Waals surface area contributed by atoms with Crippen LogP contribution >= 0.6 is 15.9 Å². The zero-order chi connectivity index (χ0) is 19.1. The SMILES string of the molecule is CC1=C(C(N)=O)C(c2ccc(Br)cc2)n2nc(-c3ccc(C)cc3)nc2N1. The molecule has 3 N–H and O–H groups in total. The summed E-state index contributed by atoms with van der Waals surface area (Å²) in [7, 11) is 0. The minimum atomic E-state index is -0.481. The van der Waals surface area contributed by atoms with Crippen molar-refractivity contribution in [3.63, 3.8) is 0 Å². The molecular weight excluding hydrogens is 406 g/mol. The van der Waals surface area contributed by atoms with Gasteiger partial charge in [-0.05, 0) is 31.5 Å². The van der Waals surface area contributed by atoms with E-state index in [2.05, 4.69) is 31.3 Å². The summed E-state index contributed by atoms with van der Waals surface area (Å²) in [5, 5.41) is 7.85. The van der Waals surface area contributed by atoms with Crippen molar-refractivity contribution < 1.29 is 4.79 Å². The second-order valence-corrected chi connectivity index (χ2v) is 7.47. The lowest BCUT2D eigenvalue weighted by Crippen LogP contribution is -2.31. The molecule has 2 heterocycles. The molecule has 0 radical (unpaired) electrons. The van der Waals surface area contributed by atoms with Crippen LogP contribution in [0.4, 0.5) is 5.95 Å². The number of hydrogen-bond donors (Lipinski definition) is 2. The molecule has 0 aliphatic carbocycles. The average Bonchev–Trinajstić information content (AvgIpc) is 3.05. The van der Waals surface area contributed by atoms with Gasteiger partial charge in [0.05, 0.1) is 5.57 Å². The Morgan fingerprint density at radius 3 is 2.41 bits per heavy atom. The lowest BCUT2D eigenvalue weighted by Gasteiger charge is -2.27. The fourth-order valence-corrected chi connectivity index (χ4v) is 3.51. The maximum atomic E-state index is 12.2. The Morgan fingerprint density at radius 1 is 1.11 bits per heavy atom. The number of halogens is 1. The van der Waals surface area contributed by atoms with Gasteiger partial charge in [0.15, 0.2) is 5.82 Å². The standard InChI is InChI=1S/C20H18BrN5O/c1-11-3-5-14(6-4-11)19-24-20-23-12(2)16(18(22)27)17(26(20)25-19)13-7-9-15(21)10-8-13/h3-10,17H,1-2H3,(H2,22,27)(H,23,24,25). The van der Waals surface area contributed by atoms with Gasteiger partial charge in [-0.3, -0.25) is 4.79 Å². The number of rotatable bonds is 3. The van der Waals surface area contributed by atoms with Crippen LogP contribution < -0.4 is 11.1 Å². The van der Waals surface area contributed by atoms with Gasteiger partial charge in [-0.25, -0.2) is 4.68 Å². The van der Waals surface area contributed by atoms with Crippen molar-refractivity contribution in [1.82, 2.24) is 14.8 Å². The average molecular weight is 424 g/mol. The number of primary amides is 1. The molecule has 0 fully saturated rings. The van der Waals surface area contributed by atoms with Crippen LogP contribution in [0.1, 0.15) is 24.1 Å². The van der Waals surface area contributed by atoms with E-state index in [1.807, 2.05) is 62.4 Å². The maximum absolute atomic E-state index is 12.2. The number of anilines is 1. The predicted molar refractivity (Wildman–Crippen MR) is 108 cm³/mol. The molecule has 1 aliphatic heterocycles. The first-order valence-electron chi connectivity index (χ1n) is 8.50. The third kappa shape index (κ3) is 3.14. The number of fused-ring (bicyclic) bond motifs is 1. The maximum Gasteiger partial charge on any atom is 0.248 e. The number of aryl methyl sites for hydroxylation is 1. The quantitative estimate of drug-likeness (QED) is 0.670. The first-order chi connectivity index (χ1) is 12.9. The topological polar surface area (TPSA) is 85.8 Å². The van der Waals surface area contributed by atoms with E-state index in [0.29, 0.717) is 23.0 Å². The van der Waals surface area contributed by atoms with E-state index in [1.54, 1.807) is 4.68 Å². The second-order valence-electron chi connectivity index (χ2n) is 6.55. The number of nitrogens with two attached hydrogens (primary N) is 1. The Balaban J connectivity index is 1.87. The second kappa shape index (κ2) is 6.66. The van der Waals surface area contributed by atoms with Crippen LogP contribution in [0.25, 0.3) is 11.4 Å². The molecule has 3 aromatic rings. The Bertz CT molecular complexity index is 1050. The van der Waals surface area contributed by atoms with E-state index in [9.17, 15) is 4.79 Å². The highest BCUT2D eigenvalue weighted by atomic mass is 79.9. The van der Waals surface area contributed by atoms with Gasteiger partial charge in [0, 0.05) is 15.7 Å². The van der Waals surface area contributed by atoms with Crippen molar-refractivity contribution in [3.8, 4) is 11.4 Å². The molecule has 4 rings (SSSR count). The van der Waals surface area contributed by atoms with Crippen LogP contribution in [0.15, 0.2) is 64.3 Å². The number of nitrogens with one attached hydrogen (secondary N) is 1. The number of carbonyl (C=O) groups excluding carboxylic acids is 1. The van der Waals surface area contributed by atoms with E-state index < -0.39 is 11.9 Å². The lowest BCUT2D eigenvalue weighted by molar-refractivity contribution is -0.115. The van der Waals surface area contributed by atoms with Crippen LogP contribution in [-0.4, -0.2) is 20.7 Å². The zero-order valence-corrected chi connectivity index (χ0v) is 16.5. The normalized spacial score (nSPS) is 16.0. The van der Waals surface area contributed by atoms with E-state index in [0.717, 1.165) is 15.6 Å². The summed E-state index contributed by atoms with van der Waals surface area (Å²) < 4.78 is 2.69. The van der Waals surface area contributed by atoms with Crippen molar-refractivity contribution in [2.24, 2.45) is 5.73 Å². The van der Waals surface area contributed by atoms with Crippen molar-refractivity contribution >= 4 is 27.8 Å². The number of aromatic nitrogens is 3. The molecule has 0 spiro atoms. The lowest BCUT2D eigenvalue weighted by atomic mass is 9.95. The number of nitrogens with zero attached hydrogens (tertiary/aromatic N) is 3. The van der Waals surface area contributed by atoms with E-state index in [-0.39, 0.29) is 0 Å².